The quantitative estimate of drug-likeness (QED) is 0.597. The zero-order valence-electron chi connectivity index (χ0n) is 10.1. The molecule has 94 valence electrons. The molecule has 6 heteroatoms. The molecule has 0 saturated heterocycles. The van der Waals surface area contributed by atoms with E-state index in [2.05, 4.69) is 10.1 Å². The predicted octanol–water partition coefficient (Wildman–Crippen LogP) is -0.424. The topological polar surface area (TPSA) is 102 Å². The molecule has 4 N–H and O–H groups in total. The first-order chi connectivity index (χ1) is 7.20. The Balaban J connectivity index is 4.22. The monoisotopic (exact) mass is 232 g/mol. The van der Waals surface area contributed by atoms with Crippen LogP contribution in [0.2, 0.25) is 0 Å². The summed E-state index contributed by atoms with van der Waals surface area (Å²) in [6.45, 7) is 5.42. The first kappa shape index (κ1) is 14.9. The van der Waals surface area contributed by atoms with Gasteiger partial charge < -0.3 is 20.9 Å². The van der Waals surface area contributed by atoms with Gasteiger partial charge in [0.2, 0.25) is 5.91 Å². The lowest BCUT2D eigenvalue weighted by Gasteiger charge is -2.26. The standard InChI is InChI=1S/C10H20N2O4/c1-10(2,3)7(11)8(13)12-5-6(16-4)9(14)15/h6-7H,5,11H2,1-4H3,(H,12,13)(H,14,15). The van der Waals surface area contributed by atoms with Gasteiger partial charge in [0.25, 0.3) is 0 Å². The first-order valence-corrected chi connectivity index (χ1v) is 4.99. The number of amides is 1. The minimum atomic E-state index is -1.12. The molecule has 2 atom stereocenters. The van der Waals surface area contributed by atoms with E-state index in [1.807, 2.05) is 20.8 Å². The Labute approximate surface area is 95.1 Å². The van der Waals surface area contributed by atoms with Crippen LogP contribution in [0.4, 0.5) is 0 Å². The van der Waals surface area contributed by atoms with Crippen molar-refractivity contribution in [1.82, 2.24) is 5.32 Å². The summed E-state index contributed by atoms with van der Waals surface area (Å²) in [6.07, 6.45) is -1.05. The van der Waals surface area contributed by atoms with Crippen molar-refractivity contribution in [3.8, 4) is 0 Å². The lowest BCUT2D eigenvalue weighted by Crippen LogP contribution is -2.51. The fourth-order valence-electron chi connectivity index (χ4n) is 0.968. The molecule has 0 aliphatic carbocycles. The largest absolute Gasteiger partial charge is 0.479 e. The van der Waals surface area contributed by atoms with Gasteiger partial charge in [-0.2, -0.15) is 0 Å². The summed E-state index contributed by atoms with van der Waals surface area (Å²) in [4.78, 5) is 22.2. The van der Waals surface area contributed by atoms with E-state index in [0.29, 0.717) is 0 Å². The van der Waals surface area contributed by atoms with Crippen LogP contribution in [0.5, 0.6) is 0 Å². The molecule has 0 aliphatic rings. The van der Waals surface area contributed by atoms with E-state index in [0.717, 1.165) is 0 Å². The molecule has 0 aliphatic heterocycles. The highest BCUT2D eigenvalue weighted by Crippen LogP contribution is 2.17. The number of hydrogen-bond acceptors (Lipinski definition) is 4. The number of carbonyl (C=O) groups is 2. The molecule has 2 unspecified atom stereocenters. The van der Waals surface area contributed by atoms with E-state index in [4.69, 9.17) is 10.8 Å². The number of nitrogens with two attached hydrogens (primary N) is 1. The number of rotatable bonds is 5. The molecule has 0 aromatic heterocycles. The Morgan fingerprint density at radius 3 is 2.25 bits per heavy atom. The number of carboxylic acid groups (broad SMARTS) is 1. The van der Waals surface area contributed by atoms with Crippen molar-refractivity contribution in [2.45, 2.75) is 32.9 Å². The molecular weight excluding hydrogens is 212 g/mol. The van der Waals surface area contributed by atoms with Crippen molar-refractivity contribution in [3.63, 3.8) is 0 Å². The van der Waals surface area contributed by atoms with Crippen LogP contribution >= 0.6 is 0 Å². The van der Waals surface area contributed by atoms with Crippen LogP contribution in [0.3, 0.4) is 0 Å². The lowest BCUT2D eigenvalue weighted by atomic mass is 9.87. The second kappa shape index (κ2) is 5.81. The maximum atomic E-state index is 11.5. The molecule has 1 amide bonds. The minimum Gasteiger partial charge on any atom is -0.479 e. The summed E-state index contributed by atoms with van der Waals surface area (Å²) >= 11 is 0. The zero-order valence-corrected chi connectivity index (χ0v) is 10.1. The third-order valence-corrected chi connectivity index (χ3v) is 2.24. The van der Waals surface area contributed by atoms with Crippen molar-refractivity contribution in [2.75, 3.05) is 13.7 Å². The number of methoxy groups -OCH3 is 1. The van der Waals surface area contributed by atoms with Crippen LogP contribution in [-0.2, 0) is 14.3 Å². The van der Waals surface area contributed by atoms with Crippen molar-refractivity contribution >= 4 is 11.9 Å². The zero-order chi connectivity index (χ0) is 12.9. The Hall–Kier alpha value is -1.14. The number of ether oxygens (including phenoxy) is 1. The average molecular weight is 232 g/mol. The fourth-order valence-corrected chi connectivity index (χ4v) is 0.968. The molecular formula is C10H20N2O4. The first-order valence-electron chi connectivity index (χ1n) is 4.99. The highest BCUT2D eigenvalue weighted by atomic mass is 16.5. The third-order valence-electron chi connectivity index (χ3n) is 2.24. The van der Waals surface area contributed by atoms with Crippen molar-refractivity contribution in [1.29, 1.82) is 0 Å². The van der Waals surface area contributed by atoms with Crippen molar-refractivity contribution < 1.29 is 19.4 Å². The van der Waals surface area contributed by atoms with Gasteiger partial charge in [0.1, 0.15) is 0 Å². The van der Waals surface area contributed by atoms with Crippen LogP contribution in [0.25, 0.3) is 0 Å². The minimum absolute atomic E-state index is 0.0888. The number of aliphatic carboxylic acids is 1. The summed E-state index contributed by atoms with van der Waals surface area (Å²) in [5.41, 5.74) is 5.33. The second-order valence-corrected chi connectivity index (χ2v) is 4.65. The van der Waals surface area contributed by atoms with Crippen LogP contribution in [0.1, 0.15) is 20.8 Å². The van der Waals surface area contributed by atoms with Gasteiger partial charge in [0, 0.05) is 7.11 Å². The summed E-state index contributed by atoms with van der Waals surface area (Å²) in [6, 6.07) is -0.682. The Bertz CT molecular complexity index is 260. The SMILES string of the molecule is COC(CNC(=O)C(N)C(C)(C)C)C(=O)O. The van der Waals surface area contributed by atoms with Crippen LogP contribution in [0, 0.1) is 5.41 Å². The van der Waals surface area contributed by atoms with Gasteiger partial charge in [0.05, 0.1) is 12.6 Å². The van der Waals surface area contributed by atoms with Gasteiger partial charge in [-0.25, -0.2) is 4.79 Å². The molecule has 16 heavy (non-hydrogen) atoms. The molecule has 0 bridgehead atoms. The molecule has 6 nitrogen and oxygen atoms in total. The van der Waals surface area contributed by atoms with Gasteiger partial charge >= 0.3 is 5.97 Å². The van der Waals surface area contributed by atoms with E-state index in [1.54, 1.807) is 0 Å². The summed E-state index contributed by atoms with van der Waals surface area (Å²) < 4.78 is 4.67. The third kappa shape index (κ3) is 4.59. The van der Waals surface area contributed by atoms with Gasteiger partial charge in [-0.3, -0.25) is 4.79 Å². The Morgan fingerprint density at radius 1 is 1.44 bits per heavy atom. The van der Waals surface area contributed by atoms with E-state index < -0.39 is 18.1 Å². The highest BCUT2D eigenvalue weighted by molar-refractivity contribution is 5.83. The van der Waals surface area contributed by atoms with E-state index >= 15 is 0 Å². The van der Waals surface area contributed by atoms with Crippen molar-refractivity contribution in [2.24, 2.45) is 11.1 Å². The summed E-state index contributed by atoms with van der Waals surface area (Å²) in [5, 5.41) is 11.1. The normalized spacial score (nSPS) is 15.3. The van der Waals surface area contributed by atoms with Gasteiger partial charge in [-0.1, -0.05) is 20.8 Å². The molecule has 0 saturated carbocycles. The maximum Gasteiger partial charge on any atom is 0.334 e. The number of carbonyl (C=O) groups excluding carboxylic acids is 1. The number of carboxylic acids is 1. The highest BCUT2D eigenvalue weighted by Gasteiger charge is 2.28. The lowest BCUT2D eigenvalue weighted by molar-refractivity contribution is -0.148. The molecule has 0 heterocycles. The Kier molecular flexibility index (Phi) is 5.40. The average Bonchev–Trinajstić information content (AvgIpc) is 2.15. The smallest absolute Gasteiger partial charge is 0.334 e. The molecule has 0 fully saturated rings. The predicted molar refractivity (Wildman–Crippen MR) is 58.9 cm³/mol. The van der Waals surface area contributed by atoms with E-state index in [-0.39, 0.29) is 17.9 Å². The molecule has 0 aromatic carbocycles. The van der Waals surface area contributed by atoms with Crippen LogP contribution < -0.4 is 11.1 Å². The summed E-state index contributed by atoms with van der Waals surface area (Å²) in [7, 11) is 1.27. The molecule has 0 spiro atoms. The van der Waals surface area contributed by atoms with Crippen molar-refractivity contribution in [3.05, 3.63) is 0 Å². The van der Waals surface area contributed by atoms with Gasteiger partial charge in [0.15, 0.2) is 6.10 Å². The Morgan fingerprint density at radius 2 is 1.94 bits per heavy atom. The maximum absolute atomic E-state index is 11.5. The van der Waals surface area contributed by atoms with Gasteiger partial charge in [-0.15, -0.1) is 0 Å². The van der Waals surface area contributed by atoms with Crippen LogP contribution in [-0.4, -0.2) is 42.8 Å². The van der Waals surface area contributed by atoms with E-state index in [1.165, 1.54) is 7.11 Å². The fraction of sp³-hybridized carbons (Fsp3) is 0.800. The number of nitrogens with one attached hydrogen (secondary N) is 1. The van der Waals surface area contributed by atoms with Gasteiger partial charge in [-0.05, 0) is 5.41 Å². The number of hydrogen-bond donors (Lipinski definition) is 3. The molecule has 0 aromatic rings. The molecule has 0 radical (unpaired) electrons. The second-order valence-electron chi connectivity index (χ2n) is 4.65. The molecule has 0 rings (SSSR count). The van der Waals surface area contributed by atoms with Crippen LogP contribution in [0.15, 0.2) is 0 Å². The summed E-state index contributed by atoms with van der Waals surface area (Å²) in [5.74, 6) is -1.50. The van der Waals surface area contributed by atoms with E-state index in [9.17, 15) is 9.59 Å².